The number of thioether (sulfide) groups is 1. The van der Waals surface area contributed by atoms with E-state index in [1.807, 2.05) is 37.4 Å². The van der Waals surface area contributed by atoms with Gasteiger partial charge >= 0.3 is 0 Å². The van der Waals surface area contributed by atoms with E-state index in [1.165, 1.54) is 5.56 Å². The standard InChI is InChI=1S/C18H21N5S/c1-14-11-17(21-18(20-14)24-2)23-9-7-22(8-10-23)13-16-5-3-15(12-19)4-6-16/h3-6,11H,7-10,13H2,1-2H3. The summed E-state index contributed by atoms with van der Waals surface area (Å²) in [7, 11) is 0. The summed E-state index contributed by atoms with van der Waals surface area (Å²) >= 11 is 1.58. The first-order chi connectivity index (χ1) is 11.7. The van der Waals surface area contributed by atoms with Crippen molar-refractivity contribution in [3.8, 4) is 6.07 Å². The molecular formula is C18H21N5S. The Morgan fingerprint density at radius 1 is 1.12 bits per heavy atom. The first-order valence-corrected chi connectivity index (χ1v) is 9.26. The molecule has 0 amide bonds. The fourth-order valence-electron chi connectivity index (χ4n) is 2.86. The Kier molecular flexibility index (Phi) is 5.34. The lowest BCUT2D eigenvalue weighted by atomic mass is 10.1. The SMILES string of the molecule is CSc1nc(C)cc(N2CCN(Cc3ccc(C#N)cc3)CC2)n1. The topological polar surface area (TPSA) is 56.1 Å². The average Bonchev–Trinajstić information content (AvgIpc) is 2.62. The molecular weight excluding hydrogens is 318 g/mol. The number of anilines is 1. The molecule has 0 N–H and O–H groups in total. The van der Waals surface area contributed by atoms with Gasteiger partial charge in [-0.3, -0.25) is 4.90 Å². The molecule has 24 heavy (non-hydrogen) atoms. The highest BCUT2D eigenvalue weighted by Gasteiger charge is 2.19. The number of nitriles is 1. The van der Waals surface area contributed by atoms with E-state index in [4.69, 9.17) is 5.26 Å². The molecule has 0 atom stereocenters. The summed E-state index contributed by atoms with van der Waals surface area (Å²) < 4.78 is 0. The zero-order valence-electron chi connectivity index (χ0n) is 14.1. The van der Waals surface area contributed by atoms with Crippen LogP contribution >= 0.6 is 11.8 Å². The van der Waals surface area contributed by atoms with E-state index in [0.717, 1.165) is 49.4 Å². The molecule has 5 nitrogen and oxygen atoms in total. The number of rotatable bonds is 4. The van der Waals surface area contributed by atoms with Crippen molar-refractivity contribution in [3.05, 3.63) is 47.2 Å². The first kappa shape index (κ1) is 16.7. The Bertz CT molecular complexity index is 730. The normalized spacial score (nSPS) is 15.3. The van der Waals surface area contributed by atoms with E-state index >= 15 is 0 Å². The van der Waals surface area contributed by atoms with Crippen molar-refractivity contribution in [1.82, 2.24) is 14.9 Å². The fourth-order valence-corrected chi connectivity index (χ4v) is 3.28. The highest BCUT2D eigenvalue weighted by Crippen LogP contribution is 2.19. The molecule has 1 aliphatic heterocycles. The number of benzene rings is 1. The fraction of sp³-hybridized carbons (Fsp3) is 0.389. The largest absolute Gasteiger partial charge is 0.354 e. The smallest absolute Gasteiger partial charge is 0.189 e. The summed E-state index contributed by atoms with van der Waals surface area (Å²) in [6.45, 7) is 6.92. The van der Waals surface area contributed by atoms with Crippen molar-refractivity contribution >= 4 is 17.6 Å². The van der Waals surface area contributed by atoms with E-state index in [1.54, 1.807) is 11.8 Å². The molecule has 1 saturated heterocycles. The predicted molar refractivity (Wildman–Crippen MR) is 97.2 cm³/mol. The van der Waals surface area contributed by atoms with Gasteiger partial charge in [0.1, 0.15) is 5.82 Å². The predicted octanol–water partition coefficient (Wildman–Crippen LogP) is 2.70. The zero-order chi connectivity index (χ0) is 16.9. The van der Waals surface area contributed by atoms with Gasteiger partial charge in [-0.05, 0) is 30.9 Å². The van der Waals surface area contributed by atoms with Gasteiger partial charge in [0.2, 0.25) is 0 Å². The van der Waals surface area contributed by atoms with E-state index in [0.29, 0.717) is 5.56 Å². The van der Waals surface area contributed by atoms with Crippen LogP contribution in [-0.4, -0.2) is 47.3 Å². The van der Waals surface area contributed by atoms with Crippen molar-refractivity contribution < 1.29 is 0 Å². The van der Waals surface area contributed by atoms with Crippen molar-refractivity contribution in [2.45, 2.75) is 18.6 Å². The van der Waals surface area contributed by atoms with Crippen LogP contribution in [0.15, 0.2) is 35.5 Å². The molecule has 3 rings (SSSR count). The summed E-state index contributed by atoms with van der Waals surface area (Å²) in [5.41, 5.74) is 2.99. The van der Waals surface area contributed by atoms with Crippen molar-refractivity contribution in [3.63, 3.8) is 0 Å². The van der Waals surface area contributed by atoms with Gasteiger partial charge < -0.3 is 4.90 Å². The second kappa shape index (κ2) is 7.65. The van der Waals surface area contributed by atoms with Crippen LogP contribution in [-0.2, 0) is 6.54 Å². The van der Waals surface area contributed by atoms with Crippen LogP contribution in [0.5, 0.6) is 0 Å². The molecule has 6 heteroatoms. The van der Waals surface area contributed by atoms with Gasteiger partial charge in [0, 0.05) is 44.5 Å². The molecule has 2 heterocycles. The Morgan fingerprint density at radius 2 is 1.83 bits per heavy atom. The molecule has 1 fully saturated rings. The van der Waals surface area contributed by atoms with E-state index in [9.17, 15) is 0 Å². The highest BCUT2D eigenvalue weighted by atomic mass is 32.2. The third-order valence-corrected chi connectivity index (χ3v) is 4.74. The van der Waals surface area contributed by atoms with E-state index in [2.05, 4.69) is 31.9 Å². The zero-order valence-corrected chi connectivity index (χ0v) is 14.9. The minimum atomic E-state index is 0.715. The Balaban J connectivity index is 1.59. The van der Waals surface area contributed by atoms with Gasteiger partial charge in [0.25, 0.3) is 0 Å². The van der Waals surface area contributed by atoms with Crippen LogP contribution in [0.1, 0.15) is 16.8 Å². The summed E-state index contributed by atoms with van der Waals surface area (Å²) in [6, 6.07) is 12.1. The van der Waals surface area contributed by atoms with Crippen molar-refractivity contribution in [2.24, 2.45) is 0 Å². The molecule has 1 aliphatic rings. The molecule has 2 aromatic rings. The van der Waals surface area contributed by atoms with Gasteiger partial charge in [0.05, 0.1) is 11.6 Å². The van der Waals surface area contributed by atoms with Gasteiger partial charge in [-0.2, -0.15) is 5.26 Å². The summed E-state index contributed by atoms with van der Waals surface area (Å²) in [6.07, 6.45) is 2.01. The molecule has 124 valence electrons. The minimum absolute atomic E-state index is 0.715. The molecule has 0 bridgehead atoms. The summed E-state index contributed by atoms with van der Waals surface area (Å²) in [5, 5.41) is 9.70. The minimum Gasteiger partial charge on any atom is -0.354 e. The third kappa shape index (κ3) is 4.05. The third-order valence-electron chi connectivity index (χ3n) is 4.19. The van der Waals surface area contributed by atoms with Crippen LogP contribution in [0.4, 0.5) is 5.82 Å². The van der Waals surface area contributed by atoms with Gasteiger partial charge in [-0.15, -0.1) is 0 Å². The summed E-state index contributed by atoms with van der Waals surface area (Å²) in [4.78, 5) is 13.8. The molecule has 0 spiro atoms. The van der Waals surface area contributed by atoms with Gasteiger partial charge in [-0.25, -0.2) is 9.97 Å². The van der Waals surface area contributed by atoms with Crippen molar-refractivity contribution in [2.75, 3.05) is 37.3 Å². The highest BCUT2D eigenvalue weighted by molar-refractivity contribution is 7.98. The maximum Gasteiger partial charge on any atom is 0.189 e. The van der Waals surface area contributed by atoms with Gasteiger partial charge in [0.15, 0.2) is 5.16 Å². The maximum atomic E-state index is 8.87. The van der Waals surface area contributed by atoms with Crippen LogP contribution in [0.3, 0.4) is 0 Å². The quantitative estimate of drug-likeness (QED) is 0.630. The molecule has 1 aromatic carbocycles. The molecule has 0 saturated carbocycles. The summed E-state index contributed by atoms with van der Waals surface area (Å²) in [5.74, 6) is 1.03. The number of piperazine rings is 1. The molecule has 0 unspecified atom stereocenters. The number of aryl methyl sites for hydroxylation is 1. The maximum absolute atomic E-state index is 8.87. The Morgan fingerprint density at radius 3 is 2.46 bits per heavy atom. The second-order valence-corrected chi connectivity index (χ2v) is 6.70. The number of hydrogen-bond acceptors (Lipinski definition) is 6. The molecule has 0 radical (unpaired) electrons. The number of hydrogen-bond donors (Lipinski definition) is 0. The van der Waals surface area contributed by atoms with Gasteiger partial charge in [-0.1, -0.05) is 23.9 Å². The first-order valence-electron chi connectivity index (χ1n) is 8.04. The lowest BCUT2D eigenvalue weighted by Gasteiger charge is -2.35. The molecule has 1 aromatic heterocycles. The van der Waals surface area contributed by atoms with Crippen LogP contribution < -0.4 is 4.90 Å². The monoisotopic (exact) mass is 339 g/mol. The van der Waals surface area contributed by atoms with Crippen LogP contribution in [0, 0.1) is 18.3 Å². The van der Waals surface area contributed by atoms with Crippen LogP contribution in [0.2, 0.25) is 0 Å². The van der Waals surface area contributed by atoms with Crippen molar-refractivity contribution in [1.29, 1.82) is 5.26 Å². The number of aromatic nitrogens is 2. The Hall–Kier alpha value is -2.10. The lowest BCUT2D eigenvalue weighted by molar-refractivity contribution is 0.249. The molecule has 0 aliphatic carbocycles. The lowest BCUT2D eigenvalue weighted by Crippen LogP contribution is -2.46. The van der Waals surface area contributed by atoms with Crippen LogP contribution in [0.25, 0.3) is 0 Å². The number of nitrogens with zero attached hydrogens (tertiary/aromatic N) is 5. The second-order valence-electron chi connectivity index (χ2n) is 5.93. The Labute approximate surface area is 147 Å². The van der Waals surface area contributed by atoms with E-state index in [-0.39, 0.29) is 0 Å². The average molecular weight is 339 g/mol. The van der Waals surface area contributed by atoms with E-state index < -0.39 is 0 Å².